The maximum absolute atomic E-state index is 7.50. The Kier molecular flexibility index (Phi) is 65.1. The summed E-state index contributed by atoms with van der Waals surface area (Å²) in [5.74, 6) is 0. The second kappa shape index (κ2) is 42.8. The maximum atomic E-state index is 7.50. The summed E-state index contributed by atoms with van der Waals surface area (Å²) in [4.78, 5) is 2.41. The molecular formula is C14H15CrNO5. The molecule has 0 unspecified atom stereocenters. The van der Waals surface area contributed by atoms with Gasteiger partial charge in [-0.15, -0.1) is 0 Å². The zero-order valence-electron chi connectivity index (χ0n) is 11.6. The number of likely N-dealkylation sites (tertiary alicyclic amines) is 1. The molecule has 1 rings (SSSR count). The van der Waals surface area contributed by atoms with Crippen LogP contribution in [0.2, 0.25) is 0 Å². The summed E-state index contributed by atoms with van der Waals surface area (Å²) < 4.78 is 38.8. The average molecular weight is 329 g/mol. The van der Waals surface area contributed by atoms with Crippen LogP contribution in [0.5, 0.6) is 0 Å². The van der Waals surface area contributed by atoms with Gasteiger partial charge >= 0.3 is 133 Å². The van der Waals surface area contributed by atoms with E-state index in [2.05, 4.69) is 73.1 Å². The van der Waals surface area contributed by atoms with Gasteiger partial charge in [0.25, 0.3) is 0 Å². The van der Waals surface area contributed by atoms with E-state index in [1.165, 1.54) is 30.4 Å². The van der Waals surface area contributed by atoms with E-state index < -0.39 is 0 Å². The quantitative estimate of drug-likeness (QED) is 0.569. The molecular weight excluding hydrogens is 314 g/mol. The van der Waals surface area contributed by atoms with Crippen LogP contribution < -0.4 is 0 Å². The standard InChI is InChI=1S/C9H15N.5CO.Cr/c1-2-3-4-7-10-8-5-6-9-10;5*1-2;/h3-4H,2,5-6,8-9H2,1H3;;;;;;/b4-3+;;;;;;. The second-order valence-electron chi connectivity index (χ2n) is 2.84. The molecule has 21 heavy (non-hydrogen) atoms. The Morgan fingerprint density at radius 2 is 1.24 bits per heavy atom. The summed E-state index contributed by atoms with van der Waals surface area (Å²) in [6, 6.07) is 0. The molecule has 0 bridgehead atoms. The predicted molar refractivity (Wildman–Crippen MR) is 64.9 cm³/mol. The third kappa shape index (κ3) is 27.9. The third-order valence-electron chi connectivity index (χ3n) is 1.91. The zero-order valence-corrected chi connectivity index (χ0v) is 12.9. The normalized spacial score (nSPS) is 10.8. The first-order chi connectivity index (χ1) is 10.3. The topological polar surface area (TPSA) is 103 Å². The van der Waals surface area contributed by atoms with Gasteiger partial charge in [0.1, 0.15) is 0 Å². The fourth-order valence-corrected chi connectivity index (χ4v) is 1.70. The van der Waals surface area contributed by atoms with Crippen molar-refractivity contribution in [3.05, 3.63) is 45.4 Å². The van der Waals surface area contributed by atoms with Gasteiger partial charge in [-0.2, -0.15) is 0 Å². The van der Waals surface area contributed by atoms with E-state index in [4.69, 9.17) is 23.3 Å². The number of allylic oxidation sites excluding steroid dienone is 1. The summed E-state index contributed by atoms with van der Waals surface area (Å²) in [6.45, 7) is 27.1. The van der Waals surface area contributed by atoms with Crippen LogP contribution in [0.3, 0.4) is 0 Å². The van der Waals surface area contributed by atoms with Gasteiger partial charge in [0.05, 0.1) is 0 Å². The molecule has 6 nitrogen and oxygen atoms in total. The Hall–Kier alpha value is -1.20. The Bertz CT molecular complexity index is 301. The van der Waals surface area contributed by atoms with Gasteiger partial charge in [0.2, 0.25) is 0 Å². The molecule has 0 aromatic rings. The van der Waals surface area contributed by atoms with Gasteiger partial charge in [-0.05, 0) is 0 Å². The third-order valence-corrected chi connectivity index (χ3v) is 2.53. The molecule has 7 heteroatoms. The van der Waals surface area contributed by atoms with Crippen LogP contribution in [0.4, 0.5) is 0 Å². The van der Waals surface area contributed by atoms with Gasteiger partial charge in [0.15, 0.2) is 0 Å². The predicted octanol–water partition coefficient (Wildman–Crippen LogP) is 1.54. The van der Waals surface area contributed by atoms with Crippen LogP contribution >= 0.6 is 0 Å². The Balaban J connectivity index is -0.0000000727. The van der Waals surface area contributed by atoms with Crippen molar-refractivity contribution in [2.45, 2.75) is 26.2 Å². The Morgan fingerprint density at radius 3 is 1.52 bits per heavy atom. The van der Waals surface area contributed by atoms with Crippen molar-refractivity contribution in [2.24, 2.45) is 0 Å². The molecule has 1 aliphatic rings. The number of hydrogen-bond donors (Lipinski definition) is 0. The first-order valence-corrected chi connectivity index (χ1v) is 5.96. The summed E-state index contributed by atoms with van der Waals surface area (Å²) in [5.41, 5.74) is 0. The average Bonchev–Trinajstić information content (AvgIpc) is 3.16. The van der Waals surface area contributed by atoms with E-state index in [1.54, 1.807) is 0 Å². The summed E-state index contributed by atoms with van der Waals surface area (Å²) in [6.07, 6.45) is 8.21. The molecule has 0 aliphatic carbocycles. The summed E-state index contributed by atoms with van der Waals surface area (Å²) in [5, 5.41) is 0. The summed E-state index contributed by atoms with van der Waals surface area (Å²) >= 11 is 3.11. The van der Waals surface area contributed by atoms with E-state index >= 15 is 0 Å². The van der Waals surface area contributed by atoms with Crippen molar-refractivity contribution in [3.8, 4) is 0 Å². The van der Waals surface area contributed by atoms with E-state index in [9.17, 15) is 0 Å². The molecule has 1 fully saturated rings. The molecule has 0 radical (unpaired) electrons. The van der Waals surface area contributed by atoms with Gasteiger partial charge in [-0.1, -0.05) is 0 Å². The summed E-state index contributed by atoms with van der Waals surface area (Å²) in [7, 11) is 0. The number of rotatable bonds is 3. The molecule has 0 N–H and O–H groups in total. The van der Waals surface area contributed by atoms with Crippen molar-refractivity contribution in [3.63, 3.8) is 0 Å². The molecule has 1 heterocycles. The van der Waals surface area contributed by atoms with Crippen molar-refractivity contribution in [1.29, 1.82) is 0 Å². The first kappa shape index (κ1) is 32.0. The molecule has 1 aliphatic heterocycles. The number of hydrogen-bond acceptors (Lipinski definition) is 1. The Morgan fingerprint density at radius 1 is 0.905 bits per heavy atom. The van der Waals surface area contributed by atoms with Crippen LogP contribution in [0, 0.1) is 33.3 Å². The van der Waals surface area contributed by atoms with E-state index in [0.29, 0.717) is 0 Å². The van der Waals surface area contributed by atoms with Gasteiger partial charge in [-0.25, -0.2) is 0 Å². The molecule has 0 aromatic carbocycles. The molecule has 0 spiro atoms. The minimum atomic E-state index is 1.12. The Labute approximate surface area is 133 Å². The van der Waals surface area contributed by atoms with Gasteiger partial charge in [-0.3, -0.25) is 0 Å². The molecule has 0 aromatic heterocycles. The number of nitrogens with zero attached hydrogens (tertiary/aromatic N) is 1. The monoisotopic (exact) mass is 329 g/mol. The van der Waals surface area contributed by atoms with Crippen LogP contribution in [0.1, 0.15) is 26.2 Å². The van der Waals surface area contributed by atoms with Crippen molar-refractivity contribution in [1.82, 2.24) is 4.90 Å². The van der Waals surface area contributed by atoms with E-state index in [1.807, 2.05) is 0 Å². The molecule has 0 atom stereocenters. The van der Waals surface area contributed by atoms with Gasteiger partial charge < -0.3 is 0 Å². The molecule has 0 saturated carbocycles. The van der Waals surface area contributed by atoms with Crippen molar-refractivity contribution >= 4 is 4.50 Å². The molecule has 1 saturated heterocycles. The minimum absolute atomic E-state index is 1.12. The van der Waals surface area contributed by atoms with Crippen LogP contribution in [0.25, 0.3) is 0 Å². The SMILES string of the molecule is CC/C=C/[C](=[Cr])N1CCCC1.[C-]#[O+].[C-]#[O+].[C-]#[O+].[C-]#[O+].[C-]#[O+]. The second-order valence-corrected chi connectivity index (χ2v) is 3.50. The fraction of sp³-hybridized carbons (Fsp3) is 0.429. The zero-order chi connectivity index (χ0) is 18.1. The van der Waals surface area contributed by atoms with Crippen molar-refractivity contribution in [2.75, 3.05) is 13.1 Å². The van der Waals surface area contributed by atoms with Crippen LogP contribution in [0.15, 0.2) is 12.2 Å². The van der Waals surface area contributed by atoms with E-state index in [-0.39, 0.29) is 0 Å². The fourth-order valence-electron chi connectivity index (χ4n) is 1.26. The molecule has 0 amide bonds. The van der Waals surface area contributed by atoms with Crippen molar-refractivity contribution < 1.29 is 39.1 Å². The first-order valence-electron chi connectivity index (χ1n) is 5.32. The molecule has 112 valence electrons. The van der Waals surface area contributed by atoms with Gasteiger partial charge in [0, 0.05) is 0 Å². The van der Waals surface area contributed by atoms with Crippen LogP contribution in [-0.4, -0.2) is 22.5 Å². The van der Waals surface area contributed by atoms with Crippen LogP contribution in [-0.2, 0) is 39.1 Å². The van der Waals surface area contributed by atoms with E-state index in [0.717, 1.165) is 6.42 Å².